The zero-order valence-corrected chi connectivity index (χ0v) is 14.6. The highest BCUT2D eigenvalue weighted by Gasteiger charge is 2.68. The van der Waals surface area contributed by atoms with Crippen LogP contribution in [0.1, 0.15) is 17.0 Å². The van der Waals surface area contributed by atoms with Gasteiger partial charge in [-0.2, -0.15) is 0 Å². The van der Waals surface area contributed by atoms with Gasteiger partial charge in [-0.05, 0) is 36.8 Å². The third kappa shape index (κ3) is 2.42. The highest BCUT2D eigenvalue weighted by Crippen LogP contribution is 2.56. The molecule has 1 aliphatic carbocycles. The largest absolute Gasteiger partial charge is 0.454 e. The summed E-state index contributed by atoms with van der Waals surface area (Å²) in [5, 5.41) is -0.756. The van der Waals surface area contributed by atoms with Crippen LogP contribution in [0.3, 0.4) is 0 Å². The van der Waals surface area contributed by atoms with E-state index in [1.165, 1.54) is 0 Å². The van der Waals surface area contributed by atoms with Crippen LogP contribution in [-0.2, 0) is 9.84 Å². The van der Waals surface area contributed by atoms with Crippen molar-refractivity contribution in [1.82, 2.24) is 0 Å². The van der Waals surface area contributed by atoms with Gasteiger partial charge in [-0.15, -0.1) is 0 Å². The Hall–Kier alpha value is -2.09. The van der Waals surface area contributed by atoms with Crippen molar-refractivity contribution in [2.24, 2.45) is 11.5 Å². The SMILES string of the molecule is Cc1ccc(S(=O)(=O)[C@H]2[C@@H](c3ccc4c(c3)OCO4)[C@@]2(N)CN)cc1. The quantitative estimate of drug-likeness (QED) is 0.852. The fourth-order valence-corrected chi connectivity index (χ4v) is 5.92. The molecular weight excluding hydrogens is 340 g/mol. The Balaban J connectivity index is 1.73. The van der Waals surface area contributed by atoms with Gasteiger partial charge in [0.2, 0.25) is 6.79 Å². The second-order valence-corrected chi connectivity index (χ2v) is 8.75. The molecule has 4 N–H and O–H groups in total. The molecule has 0 amide bonds. The fourth-order valence-electron chi connectivity index (χ4n) is 3.60. The van der Waals surface area contributed by atoms with Crippen LogP contribution in [0.15, 0.2) is 47.4 Å². The molecule has 0 saturated heterocycles. The summed E-state index contributed by atoms with van der Waals surface area (Å²) in [4.78, 5) is 0.273. The van der Waals surface area contributed by atoms with Crippen molar-refractivity contribution in [2.45, 2.75) is 28.5 Å². The Morgan fingerprint density at radius 1 is 1.12 bits per heavy atom. The van der Waals surface area contributed by atoms with Crippen LogP contribution in [0.4, 0.5) is 0 Å². The molecule has 0 aromatic heterocycles. The first kappa shape index (κ1) is 16.4. The molecule has 3 atom stereocenters. The number of sulfone groups is 1. The van der Waals surface area contributed by atoms with Crippen LogP contribution >= 0.6 is 0 Å². The average Bonchev–Trinajstić information content (AvgIpc) is 2.99. The summed E-state index contributed by atoms with van der Waals surface area (Å²) in [6.45, 7) is 2.16. The van der Waals surface area contributed by atoms with Crippen molar-refractivity contribution in [3.63, 3.8) is 0 Å². The summed E-state index contributed by atoms with van der Waals surface area (Å²) in [5.74, 6) is 0.881. The Kier molecular flexibility index (Phi) is 3.57. The molecule has 7 heteroatoms. The highest BCUT2D eigenvalue weighted by atomic mass is 32.2. The topological polar surface area (TPSA) is 105 Å². The van der Waals surface area contributed by atoms with E-state index in [4.69, 9.17) is 20.9 Å². The van der Waals surface area contributed by atoms with Crippen molar-refractivity contribution < 1.29 is 17.9 Å². The Morgan fingerprint density at radius 2 is 1.80 bits per heavy atom. The van der Waals surface area contributed by atoms with Crippen molar-refractivity contribution in [3.05, 3.63) is 53.6 Å². The molecule has 0 spiro atoms. The van der Waals surface area contributed by atoms with Gasteiger partial charge in [0.05, 0.1) is 15.7 Å². The van der Waals surface area contributed by atoms with Gasteiger partial charge in [0.25, 0.3) is 0 Å². The maximum Gasteiger partial charge on any atom is 0.231 e. The summed E-state index contributed by atoms with van der Waals surface area (Å²) in [6, 6.07) is 12.2. The van der Waals surface area contributed by atoms with E-state index in [1.807, 2.05) is 13.0 Å². The van der Waals surface area contributed by atoms with E-state index in [0.29, 0.717) is 11.5 Å². The monoisotopic (exact) mass is 360 g/mol. The maximum atomic E-state index is 13.1. The molecule has 2 aromatic carbocycles. The van der Waals surface area contributed by atoms with Crippen LogP contribution in [0.25, 0.3) is 0 Å². The van der Waals surface area contributed by atoms with E-state index in [9.17, 15) is 8.42 Å². The lowest BCUT2D eigenvalue weighted by atomic mass is 10.1. The smallest absolute Gasteiger partial charge is 0.231 e. The van der Waals surface area contributed by atoms with Crippen molar-refractivity contribution in [3.8, 4) is 11.5 Å². The molecule has 1 heterocycles. The van der Waals surface area contributed by atoms with Crippen LogP contribution < -0.4 is 20.9 Å². The zero-order chi connectivity index (χ0) is 17.8. The maximum absolute atomic E-state index is 13.1. The Bertz CT molecular complexity index is 927. The number of aryl methyl sites for hydroxylation is 1. The first-order valence-electron chi connectivity index (χ1n) is 8.07. The van der Waals surface area contributed by atoms with Crippen LogP contribution in [0, 0.1) is 6.92 Å². The summed E-state index contributed by atoms with van der Waals surface area (Å²) in [5.41, 5.74) is 13.1. The molecule has 6 nitrogen and oxygen atoms in total. The average molecular weight is 360 g/mol. The zero-order valence-electron chi connectivity index (χ0n) is 13.8. The lowest BCUT2D eigenvalue weighted by Gasteiger charge is -2.09. The van der Waals surface area contributed by atoms with Gasteiger partial charge in [0, 0.05) is 12.5 Å². The van der Waals surface area contributed by atoms with Gasteiger partial charge in [0.15, 0.2) is 21.3 Å². The van der Waals surface area contributed by atoms with E-state index >= 15 is 0 Å². The van der Waals surface area contributed by atoms with Gasteiger partial charge in [-0.3, -0.25) is 0 Å². The predicted molar refractivity (Wildman–Crippen MR) is 93.4 cm³/mol. The Morgan fingerprint density at radius 3 is 2.48 bits per heavy atom. The number of ether oxygens (including phenoxy) is 2. The van der Waals surface area contributed by atoms with Gasteiger partial charge < -0.3 is 20.9 Å². The van der Waals surface area contributed by atoms with Crippen molar-refractivity contribution in [1.29, 1.82) is 0 Å². The van der Waals surface area contributed by atoms with Crippen LogP contribution in [0.2, 0.25) is 0 Å². The number of benzene rings is 2. The summed E-state index contributed by atoms with van der Waals surface area (Å²) in [7, 11) is -3.59. The lowest BCUT2D eigenvalue weighted by molar-refractivity contribution is 0.174. The number of fused-ring (bicyclic) bond motifs is 1. The molecule has 0 bridgehead atoms. The standard InChI is InChI=1S/C18H20N2O4S/c1-11-2-5-13(6-3-11)25(21,22)17-16(18(17,20)9-19)12-4-7-14-15(8-12)24-10-23-14/h2-8,16-17H,9-10,19-20H2,1H3/t16-,17+,18+/m1/s1. The number of hydrogen-bond donors (Lipinski definition) is 2. The molecule has 0 unspecified atom stereocenters. The second-order valence-electron chi connectivity index (χ2n) is 6.69. The molecule has 1 saturated carbocycles. The third-order valence-electron chi connectivity index (χ3n) is 5.10. The minimum absolute atomic E-state index is 0.0852. The molecule has 1 aliphatic heterocycles. The molecule has 132 valence electrons. The molecule has 4 rings (SSSR count). The van der Waals surface area contributed by atoms with Gasteiger partial charge in [-0.25, -0.2) is 8.42 Å². The van der Waals surface area contributed by atoms with E-state index in [0.717, 1.165) is 11.1 Å². The normalized spacial score (nSPS) is 27.3. The number of hydrogen-bond acceptors (Lipinski definition) is 6. The van der Waals surface area contributed by atoms with E-state index in [-0.39, 0.29) is 24.2 Å². The van der Waals surface area contributed by atoms with Crippen molar-refractivity contribution in [2.75, 3.05) is 13.3 Å². The van der Waals surface area contributed by atoms with Gasteiger partial charge in [-0.1, -0.05) is 23.8 Å². The Labute approximate surface area is 146 Å². The molecule has 2 aromatic rings. The van der Waals surface area contributed by atoms with Gasteiger partial charge in [0.1, 0.15) is 0 Å². The molecule has 25 heavy (non-hydrogen) atoms. The molecule has 1 fully saturated rings. The van der Waals surface area contributed by atoms with E-state index in [2.05, 4.69) is 0 Å². The van der Waals surface area contributed by atoms with E-state index in [1.54, 1.807) is 36.4 Å². The lowest BCUT2D eigenvalue weighted by Crippen LogP contribution is -2.39. The third-order valence-corrected chi connectivity index (χ3v) is 7.40. The summed E-state index contributed by atoms with van der Waals surface area (Å²) in [6.07, 6.45) is 0. The van der Waals surface area contributed by atoms with Crippen LogP contribution in [0.5, 0.6) is 11.5 Å². The van der Waals surface area contributed by atoms with Gasteiger partial charge >= 0.3 is 0 Å². The minimum atomic E-state index is -3.59. The van der Waals surface area contributed by atoms with Crippen LogP contribution in [-0.4, -0.2) is 32.5 Å². The predicted octanol–water partition coefficient (Wildman–Crippen LogP) is 1.32. The fraction of sp³-hybridized carbons (Fsp3) is 0.333. The summed E-state index contributed by atoms with van der Waals surface area (Å²) < 4.78 is 36.9. The van der Waals surface area contributed by atoms with E-state index < -0.39 is 20.6 Å². The number of nitrogens with two attached hydrogens (primary N) is 2. The highest BCUT2D eigenvalue weighted by molar-refractivity contribution is 7.92. The second kappa shape index (κ2) is 5.45. The molecule has 2 aliphatic rings. The number of rotatable bonds is 4. The first-order chi connectivity index (χ1) is 11.9. The minimum Gasteiger partial charge on any atom is -0.454 e. The van der Waals surface area contributed by atoms with Crippen molar-refractivity contribution >= 4 is 9.84 Å². The molecule has 0 radical (unpaired) electrons. The first-order valence-corrected chi connectivity index (χ1v) is 9.61. The summed E-state index contributed by atoms with van der Waals surface area (Å²) >= 11 is 0. The molecular formula is C18H20N2O4S.